The standard InChI is InChI=1S/C28H32N4O2S2/c1-21(2)23-10-12-25(13-11-23)36(33,34)30-24-7-5-6-22(20-24)14-15-31-16-18-32(19-17-31)28-26-8-3-4-9-27(26)35-29-28/h3-13,20-21,30H,14-19H2,1-2H3. The fourth-order valence-corrected chi connectivity index (χ4v) is 6.45. The van der Waals surface area contributed by atoms with Crippen molar-refractivity contribution in [3.05, 3.63) is 83.9 Å². The number of piperazine rings is 1. The predicted molar refractivity (Wildman–Crippen MR) is 150 cm³/mol. The molecule has 1 saturated heterocycles. The zero-order chi connectivity index (χ0) is 25.1. The third-order valence-electron chi connectivity index (χ3n) is 6.78. The molecule has 36 heavy (non-hydrogen) atoms. The van der Waals surface area contributed by atoms with E-state index in [1.165, 1.54) is 10.1 Å². The summed E-state index contributed by atoms with van der Waals surface area (Å²) in [5, 5.41) is 1.24. The highest BCUT2D eigenvalue weighted by Gasteiger charge is 2.21. The first-order chi connectivity index (χ1) is 17.4. The topological polar surface area (TPSA) is 65.5 Å². The molecule has 4 aromatic rings. The van der Waals surface area contributed by atoms with Crippen LogP contribution < -0.4 is 9.62 Å². The van der Waals surface area contributed by atoms with Crippen molar-refractivity contribution in [1.29, 1.82) is 0 Å². The molecule has 188 valence electrons. The van der Waals surface area contributed by atoms with Gasteiger partial charge in [0.1, 0.15) is 5.82 Å². The van der Waals surface area contributed by atoms with Crippen LogP contribution in [-0.4, -0.2) is 50.4 Å². The number of benzene rings is 3. The maximum absolute atomic E-state index is 12.9. The number of anilines is 2. The second-order valence-electron chi connectivity index (χ2n) is 9.61. The van der Waals surface area contributed by atoms with Gasteiger partial charge in [0.25, 0.3) is 10.0 Å². The number of hydrogen-bond acceptors (Lipinski definition) is 6. The molecule has 0 aliphatic carbocycles. The van der Waals surface area contributed by atoms with Gasteiger partial charge in [0.15, 0.2) is 0 Å². The number of nitrogens with one attached hydrogen (secondary N) is 1. The first-order valence-electron chi connectivity index (χ1n) is 12.4. The highest BCUT2D eigenvalue weighted by molar-refractivity contribution is 7.92. The molecule has 0 amide bonds. The normalized spacial score (nSPS) is 15.0. The molecule has 0 unspecified atom stereocenters. The quantitative estimate of drug-likeness (QED) is 0.328. The van der Waals surface area contributed by atoms with E-state index in [1.807, 2.05) is 24.3 Å². The summed E-state index contributed by atoms with van der Waals surface area (Å²) in [6, 6.07) is 23.3. The van der Waals surface area contributed by atoms with Gasteiger partial charge in [0.2, 0.25) is 0 Å². The minimum atomic E-state index is -3.62. The molecule has 0 radical (unpaired) electrons. The number of fused-ring (bicyclic) bond motifs is 1. The molecule has 1 N–H and O–H groups in total. The van der Waals surface area contributed by atoms with E-state index in [2.05, 4.69) is 58.7 Å². The van der Waals surface area contributed by atoms with Crippen LogP contribution >= 0.6 is 11.5 Å². The lowest BCUT2D eigenvalue weighted by molar-refractivity contribution is 0.261. The molecular formula is C28H32N4O2S2. The van der Waals surface area contributed by atoms with Crippen LogP contribution in [0.2, 0.25) is 0 Å². The summed E-state index contributed by atoms with van der Waals surface area (Å²) in [6.45, 7) is 9.03. The lowest BCUT2D eigenvalue weighted by atomic mass is 10.0. The average molecular weight is 521 g/mol. The maximum atomic E-state index is 12.9. The SMILES string of the molecule is CC(C)c1ccc(S(=O)(=O)Nc2cccc(CCN3CCN(c4nsc5ccccc45)CC3)c2)cc1. The smallest absolute Gasteiger partial charge is 0.261 e. The van der Waals surface area contributed by atoms with Gasteiger partial charge in [-0.25, -0.2) is 8.42 Å². The van der Waals surface area contributed by atoms with Crippen LogP contribution in [0.5, 0.6) is 0 Å². The number of sulfonamides is 1. The van der Waals surface area contributed by atoms with Crippen LogP contribution in [-0.2, 0) is 16.4 Å². The lowest BCUT2D eigenvalue weighted by Crippen LogP contribution is -2.47. The van der Waals surface area contributed by atoms with Gasteiger partial charge in [0, 0.05) is 43.8 Å². The first kappa shape index (κ1) is 24.7. The van der Waals surface area contributed by atoms with E-state index in [1.54, 1.807) is 29.7 Å². The van der Waals surface area contributed by atoms with E-state index in [-0.39, 0.29) is 4.90 Å². The Morgan fingerprint density at radius 2 is 1.69 bits per heavy atom. The fourth-order valence-electron chi connectivity index (χ4n) is 4.61. The van der Waals surface area contributed by atoms with Crippen LogP contribution in [0.3, 0.4) is 0 Å². The summed E-state index contributed by atoms with van der Waals surface area (Å²) in [5.74, 6) is 1.47. The fraction of sp³-hybridized carbons (Fsp3) is 0.321. The molecular weight excluding hydrogens is 488 g/mol. The van der Waals surface area contributed by atoms with Crippen LogP contribution in [0.15, 0.2) is 77.7 Å². The molecule has 1 aliphatic heterocycles. The molecule has 2 heterocycles. The minimum absolute atomic E-state index is 0.281. The number of aromatic nitrogens is 1. The summed E-state index contributed by atoms with van der Waals surface area (Å²) < 4.78 is 34.4. The van der Waals surface area contributed by atoms with E-state index < -0.39 is 10.0 Å². The van der Waals surface area contributed by atoms with E-state index in [0.29, 0.717) is 11.6 Å². The number of nitrogens with zero attached hydrogens (tertiary/aromatic N) is 3. The van der Waals surface area contributed by atoms with Crippen LogP contribution in [0, 0.1) is 0 Å². The Hall–Kier alpha value is -2.94. The van der Waals surface area contributed by atoms with E-state index in [0.717, 1.165) is 56.1 Å². The molecule has 0 saturated carbocycles. The second kappa shape index (κ2) is 10.6. The number of hydrogen-bond donors (Lipinski definition) is 1. The van der Waals surface area contributed by atoms with Gasteiger partial charge in [-0.15, -0.1) is 0 Å². The van der Waals surface area contributed by atoms with Crippen molar-refractivity contribution in [1.82, 2.24) is 9.27 Å². The third kappa shape index (κ3) is 5.56. The zero-order valence-electron chi connectivity index (χ0n) is 20.7. The van der Waals surface area contributed by atoms with Crippen LogP contribution in [0.1, 0.15) is 30.9 Å². The van der Waals surface area contributed by atoms with Crippen molar-refractivity contribution in [3.63, 3.8) is 0 Å². The average Bonchev–Trinajstić information content (AvgIpc) is 3.32. The Balaban J connectivity index is 1.16. The largest absolute Gasteiger partial charge is 0.353 e. The summed E-state index contributed by atoms with van der Waals surface area (Å²) in [6.07, 6.45) is 0.873. The van der Waals surface area contributed by atoms with Crippen LogP contribution in [0.4, 0.5) is 11.5 Å². The molecule has 6 nitrogen and oxygen atoms in total. The van der Waals surface area contributed by atoms with E-state index >= 15 is 0 Å². The first-order valence-corrected chi connectivity index (χ1v) is 14.7. The summed E-state index contributed by atoms with van der Waals surface area (Å²) in [4.78, 5) is 5.14. The Bertz CT molecular complexity index is 1420. The van der Waals surface area contributed by atoms with Gasteiger partial charge in [0.05, 0.1) is 9.60 Å². The van der Waals surface area contributed by atoms with Gasteiger partial charge in [-0.1, -0.05) is 50.2 Å². The molecule has 0 bridgehead atoms. The molecule has 8 heteroatoms. The second-order valence-corrected chi connectivity index (χ2v) is 12.1. The monoisotopic (exact) mass is 520 g/mol. The van der Waals surface area contributed by atoms with Crippen molar-refractivity contribution in [2.45, 2.75) is 31.1 Å². The summed E-state index contributed by atoms with van der Waals surface area (Å²) in [5.41, 5.74) is 2.84. The molecule has 3 aromatic carbocycles. The number of rotatable bonds is 8. The van der Waals surface area contributed by atoms with E-state index in [9.17, 15) is 8.42 Å². The van der Waals surface area contributed by atoms with Crippen molar-refractivity contribution in [2.24, 2.45) is 0 Å². The van der Waals surface area contributed by atoms with E-state index in [4.69, 9.17) is 4.37 Å². The van der Waals surface area contributed by atoms with Gasteiger partial charge in [-0.05, 0) is 71.4 Å². The van der Waals surface area contributed by atoms with Crippen LogP contribution in [0.25, 0.3) is 10.1 Å². The summed E-state index contributed by atoms with van der Waals surface area (Å²) >= 11 is 1.57. The van der Waals surface area contributed by atoms with Crippen molar-refractivity contribution in [3.8, 4) is 0 Å². The summed E-state index contributed by atoms with van der Waals surface area (Å²) in [7, 11) is -3.62. The molecule has 0 atom stereocenters. The van der Waals surface area contributed by atoms with Crippen molar-refractivity contribution in [2.75, 3.05) is 42.3 Å². The third-order valence-corrected chi connectivity index (χ3v) is 9.00. The van der Waals surface area contributed by atoms with Gasteiger partial charge in [-0.3, -0.25) is 9.62 Å². The molecule has 1 aromatic heterocycles. The Labute approximate surface area is 217 Å². The maximum Gasteiger partial charge on any atom is 0.261 e. The Morgan fingerprint density at radius 3 is 2.44 bits per heavy atom. The Kier molecular flexibility index (Phi) is 7.27. The van der Waals surface area contributed by atoms with Crippen molar-refractivity contribution < 1.29 is 8.42 Å². The minimum Gasteiger partial charge on any atom is -0.353 e. The Morgan fingerprint density at radius 1 is 0.944 bits per heavy atom. The zero-order valence-corrected chi connectivity index (χ0v) is 22.4. The predicted octanol–water partition coefficient (Wildman–Crippen LogP) is 5.59. The molecule has 0 spiro atoms. The van der Waals surface area contributed by atoms with Gasteiger partial charge < -0.3 is 4.90 Å². The highest BCUT2D eigenvalue weighted by atomic mass is 32.2. The molecule has 5 rings (SSSR count). The highest BCUT2D eigenvalue weighted by Crippen LogP contribution is 2.30. The molecule has 1 aliphatic rings. The van der Waals surface area contributed by atoms with Crippen molar-refractivity contribution >= 4 is 43.1 Å². The molecule has 1 fully saturated rings. The van der Waals surface area contributed by atoms with Gasteiger partial charge in [-0.2, -0.15) is 4.37 Å². The van der Waals surface area contributed by atoms with Gasteiger partial charge >= 0.3 is 0 Å². The lowest BCUT2D eigenvalue weighted by Gasteiger charge is -2.35.